The second-order valence-corrected chi connectivity index (χ2v) is 9.48. The Labute approximate surface area is 182 Å². The lowest BCUT2D eigenvalue weighted by Gasteiger charge is -2.26. The van der Waals surface area contributed by atoms with Gasteiger partial charge >= 0.3 is 12.3 Å². The molecule has 1 aliphatic heterocycles. The monoisotopic (exact) mass is 467 g/mol. The van der Waals surface area contributed by atoms with E-state index in [9.17, 15) is 26.4 Å². The van der Waals surface area contributed by atoms with E-state index in [1.54, 1.807) is 24.3 Å². The molecule has 1 N–H and O–H groups in total. The first-order chi connectivity index (χ1) is 15.1. The van der Waals surface area contributed by atoms with E-state index in [0.29, 0.717) is 18.2 Å². The van der Waals surface area contributed by atoms with Gasteiger partial charge in [-0.1, -0.05) is 18.2 Å². The van der Waals surface area contributed by atoms with Crippen LogP contribution in [0.25, 0.3) is 5.57 Å². The summed E-state index contributed by atoms with van der Waals surface area (Å²) in [4.78, 5) is 15.7. The number of benzene rings is 1. The number of rotatable bonds is 5. The number of amides is 1. The molecule has 1 aromatic carbocycles. The smallest absolute Gasteiger partial charge is 0.391 e. The van der Waals surface area contributed by atoms with Gasteiger partial charge in [0.1, 0.15) is 0 Å². The van der Waals surface area contributed by atoms with E-state index >= 15 is 0 Å². The molecule has 1 fully saturated rings. The van der Waals surface area contributed by atoms with Gasteiger partial charge in [-0.15, -0.1) is 0 Å². The van der Waals surface area contributed by atoms with Gasteiger partial charge in [0, 0.05) is 25.2 Å². The summed E-state index contributed by atoms with van der Waals surface area (Å²) < 4.78 is 70.8. The van der Waals surface area contributed by atoms with Crippen molar-refractivity contribution >= 4 is 21.7 Å². The summed E-state index contributed by atoms with van der Waals surface area (Å²) in [5, 5.41) is 2.69. The molecule has 1 amide bonds. The van der Waals surface area contributed by atoms with Crippen molar-refractivity contribution in [3.8, 4) is 5.88 Å². The largest absolute Gasteiger partial charge is 0.416 e. The number of ether oxygens (including phenoxy) is 1. The maximum atomic E-state index is 13.0. The Morgan fingerprint density at radius 1 is 1.16 bits per heavy atom. The maximum Gasteiger partial charge on any atom is 0.416 e. The van der Waals surface area contributed by atoms with Gasteiger partial charge in [0.05, 0.1) is 16.2 Å². The first-order valence-electron chi connectivity index (χ1n) is 9.95. The van der Waals surface area contributed by atoms with Gasteiger partial charge in [-0.3, -0.25) is 0 Å². The molecule has 32 heavy (non-hydrogen) atoms. The van der Waals surface area contributed by atoms with Crippen LogP contribution in [0.4, 0.5) is 18.0 Å². The van der Waals surface area contributed by atoms with Crippen LogP contribution in [-0.2, 0) is 16.2 Å². The zero-order valence-electron chi connectivity index (χ0n) is 16.8. The van der Waals surface area contributed by atoms with Crippen molar-refractivity contribution < 1.29 is 31.1 Å². The molecule has 0 unspecified atom stereocenters. The predicted octanol–water partition coefficient (Wildman–Crippen LogP) is 3.83. The van der Waals surface area contributed by atoms with E-state index in [1.807, 2.05) is 0 Å². The van der Waals surface area contributed by atoms with Crippen LogP contribution in [0.1, 0.15) is 30.5 Å². The molecule has 7 nitrogen and oxygen atoms in total. The van der Waals surface area contributed by atoms with Crippen LogP contribution in [0.5, 0.6) is 5.88 Å². The number of carbonyl (C=O) groups is 1. The maximum absolute atomic E-state index is 13.0. The molecule has 11 heteroatoms. The van der Waals surface area contributed by atoms with E-state index < -0.39 is 32.8 Å². The fourth-order valence-corrected chi connectivity index (χ4v) is 4.68. The fourth-order valence-electron chi connectivity index (χ4n) is 3.25. The highest BCUT2D eigenvalue weighted by molar-refractivity contribution is 7.89. The topological polar surface area (TPSA) is 88.6 Å². The lowest BCUT2D eigenvalue weighted by molar-refractivity contribution is -0.137. The molecular formula is C21H20F3N3O4S. The highest BCUT2D eigenvalue weighted by Crippen LogP contribution is 2.32. The quantitative estimate of drug-likeness (QED) is 0.722. The average Bonchev–Trinajstić information content (AvgIpc) is 3.57. The molecule has 2 heterocycles. The molecule has 1 aromatic heterocycles. The van der Waals surface area contributed by atoms with Crippen molar-refractivity contribution in [2.24, 2.45) is 0 Å². The number of hydrogen-bond donors (Lipinski definition) is 1. The summed E-state index contributed by atoms with van der Waals surface area (Å²) in [5.41, 5.74) is 0.282. The van der Waals surface area contributed by atoms with Crippen molar-refractivity contribution in [1.82, 2.24) is 14.6 Å². The van der Waals surface area contributed by atoms with Crippen LogP contribution in [0.2, 0.25) is 0 Å². The van der Waals surface area contributed by atoms with Crippen LogP contribution in [0.15, 0.2) is 53.4 Å². The van der Waals surface area contributed by atoms with Crippen molar-refractivity contribution in [2.75, 3.05) is 13.1 Å². The van der Waals surface area contributed by atoms with Crippen LogP contribution in [0, 0.1) is 0 Å². The number of hydrogen-bond acceptors (Lipinski definition) is 5. The van der Waals surface area contributed by atoms with Crippen molar-refractivity contribution in [3.63, 3.8) is 0 Å². The van der Waals surface area contributed by atoms with Crippen LogP contribution < -0.4 is 10.1 Å². The molecule has 0 saturated heterocycles. The Balaban J connectivity index is 1.47. The molecule has 1 aliphatic carbocycles. The number of pyridine rings is 1. The minimum absolute atomic E-state index is 0.0111. The number of aromatic nitrogens is 1. The summed E-state index contributed by atoms with van der Waals surface area (Å²) in [6.07, 6.45) is -1.39. The second kappa shape index (κ2) is 8.55. The predicted molar refractivity (Wildman–Crippen MR) is 109 cm³/mol. The lowest BCUT2D eigenvalue weighted by Crippen LogP contribution is -2.35. The number of alkyl halides is 3. The Hall–Kier alpha value is -2.92. The Morgan fingerprint density at radius 3 is 2.56 bits per heavy atom. The summed E-state index contributed by atoms with van der Waals surface area (Å²) in [6, 6.07) is 8.79. The lowest BCUT2D eigenvalue weighted by atomic mass is 10.1. The van der Waals surface area contributed by atoms with Crippen LogP contribution >= 0.6 is 0 Å². The van der Waals surface area contributed by atoms with Gasteiger partial charge < -0.3 is 10.1 Å². The third kappa shape index (κ3) is 5.10. The summed E-state index contributed by atoms with van der Waals surface area (Å²) in [6.45, 7) is 0.0716. The molecule has 170 valence electrons. The molecule has 2 aromatic rings. The van der Waals surface area contributed by atoms with Gasteiger partial charge in [-0.25, -0.2) is 18.2 Å². The van der Waals surface area contributed by atoms with Gasteiger partial charge in [-0.05, 0) is 49.1 Å². The molecule has 4 rings (SSSR count). The normalized spacial score (nSPS) is 17.5. The van der Waals surface area contributed by atoms with E-state index in [1.165, 1.54) is 0 Å². The van der Waals surface area contributed by atoms with Gasteiger partial charge in [-0.2, -0.15) is 17.5 Å². The van der Waals surface area contributed by atoms with Crippen LogP contribution in [-0.4, -0.2) is 42.9 Å². The van der Waals surface area contributed by atoms with Crippen molar-refractivity contribution in [2.45, 2.75) is 36.4 Å². The van der Waals surface area contributed by atoms with Gasteiger partial charge in [0.25, 0.3) is 0 Å². The number of nitrogens with one attached hydrogen (secondary N) is 1. The van der Waals surface area contributed by atoms with E-state index in [0.717, 1.165) is 40.9 Å². The van der Waals surface area contributed by atoms with Gasteiger partial charge in [0.2, 0.25) is 15.9 Å². The Kier molecular flexibility index (Phi) is 5.95. The SMILES string of the molecule is O=C(NC1CC1)Oc1cccc(C2=CCN(S(=O)(=O)c3cccc(C(F)(F)F)c3)CC2)n1. The summed E-state index contributed by atoms with van der Waals surface area (Å²) in [7, 11) is -4.09. The third-order valence-electron chi connectivity index (χ3n) is 5.12. The molecule has 0 atom stereocenters. The first kappa shape index (κ1) is 22.3. The van der Waals surface area contributed by atoms with Crippen molar-refractivity contribution in [3.05, 3.63) is 59.8 Å². The molecular weight excluding hydrogens is 447 g/mol. The number of nitrogens with zero attached hydrogens (tertiary/aromatic N) is 2. The number of carbonyl (C=O) groups excluding carboxylic acids is 1. The highest BCUT2D eigenvalue weighted by Gasteiger charge is 2.33. The van der Waals surface area contributed by atoms with E-state index in [2.05, 4.69) is 10.3 Å². The minimum atomic E-state index is -4.63. The fraction of sp³-hybridized carbons (Fsp3) is 0.333. The van der Waals surface area contributed by atoms with Crippen molar-refractivity contribution in [1.29, 1.82) is 0 Å². The number of halogens is 3. The minimum Gasteiger partial charge on any atom is -0.391 e. The summed E-state index contributed by atoms with van der Waals surface area (Å²) in [5.74, 6) is 0.126. The number of sulfonamides is 1. The molecule has 2 aliphatic rings. The van der Waals surface area contributed by atoms with Gasteiger partial charge in [0.15, 0.2) is 0 Å². The first-order valence-corrected chi connectivity index (χ1v) is 11.4. The average molecular weight is 467 g/mol. The molecule has 0 bridgehead atoms. The van der Waals surface area contributed by atoms with E-state index in [4.69, 9.17) is 4.74 Å². The Bertz CT molecular complexity index is 1160. The zero-order chi connectivity index (χ0) is 22.9. The molecule has 0 spiro atoms. The summed E-state index contributed by atoms with van der Waals surface area (Å²) >= 11 is 0. The zero-order valence-corrected chi connectivity index (χ0v) is 17.6. The molecule has 1 saturated carbocycles. The second-order valence-electron chi connectivity index (χ2n) is 7.54. The molecule has 0 radical (unpaired) electrons. The van der Waals surface area contributed by atoms with E-state index in [-0.39, 0.29) is 25.0 Å². The third-order valence-corrected chi connectivity index (χ3v) is 6.98. The standard InChI is InChI=1S/C21H20F3N3O4S/c22-21(23,24)15-3-1-4-17(13-15)32(29,30)27-11-9-14(10-12-27)18-5-2-6-19(26-18)31-20(28)25-16-7-8-16/h1-6,9,13,16H,7-8,10-12H2,(H,25,28). The highest BCUT2D eigenvalue weighted by atomic mass is 32.2. The van der Waals surface area contributed by atoms with Crippen LogP contribution in [0.3, 0.4) is 0 Å². The Morgan fingerprint density at radius 2 is 1.91 bits per heavy atom.